The van der Waals surface area contributed by atoms with Gasteiger partial charge in [-0.25, -0.2) is 4.79 Å². The first kappa shape index (κ1) is 14.0. The minimum Gasteiger partial charge on any atom is -0.478 e. The molecule has 0 aliphatic carbocycles. The summed E-state index contributed by atoms with van der Waals surface area (Å²) in [6.45, 7) is -1.24. The van der Waals surface area contributed by atoms with E-state index in [4.69, 9.17) is 5.11 Å². The van der Waals surface area contributed by atoms with Crippen LogP contribution in [0.15, 0.2) is 35.9 Å². The van der Waals surface area contributed by atoms with Gasteiger partial charge in [0.15, 0.2) is 0 Å². The molecule has 0 fully saturated rings. The van der Waals surface area contributed by atoms with Crippen molar-refractivity contribution in [3.8, 4) is 5.75 Å². The van der Waals surface area contributed by atoms with Gasteiger partial charge in [-0.15, -0.1) is 0 Å². The first-order chi connectivity index (χ1) is 8.50. The molecule has 6 heteroatoms. The van der Waals surface area contributed by atoms with E-state index in [1.165, 1.54) is 19.1 Å². The molecular weight excluding hydrogens is 244 g/mol. The average Bonchev–Trinajstić information content (AvgIpc) is 2.30. The van der Waals surface area contributed by atoms with Crippen molar-refractivity contribution in [2.45, 2.75) is 13.5 Å². The quantitative estimate of drug-likeness (QED) is 0.769. The van der Waals surface area contributed by atoms with Gasteiger partial charge in [-0.05, 0) is 19.1 Å². The molecule has 0 amide bonds. The van der Waals surface area contributed by atoms with Gasteiger partial charge in [0.1, 0.15) is 5.75 Å². The third kappa shape index (κ3) is 4.40. The van der Waals surface area contributed by atoms with Crippen LogP contribution >= 0.6 is 0 Å². The highest BCUT2D eigenvalue weighted by Crippen LogP contribution is 2.25. The lowest BCUT2D eigenvalue weighted by molar-refractivity contribution is -0.132. The van der Waals surface area contributed by atoms with Crippen LogP contribution in [0, 0.1) is 0 Å². The Bertz CT molecular complexity index is 447. The molecule has 98 valence electrons. The fourth-order valence-electron chi connectivity index (χ4n) is 1.21. The Kier molecular flexibility index (Phi) is 5.10. The first-order valence-corrected chi connectivity index (χ1v) is 5.18. The highest BCUT2D eigenvalue weighted by Gasteiger charge is 2.08. The van der Waals surface area contributed by atoms with Crippen LogP contribution in [-0.4, -0.2) is 24.2 Å². The number of carboxylic acids is 1. The Morgan fingerprint density at radius 3 is 2.78 bits per heavy atom. The average molecular weight is 257 g/mol. The van der Waals surface area contributed by atoms with Crippen molar-refractivity contribution in [1.82, 2.24) is 0 Å². The number of hydrogen-bond donors (Lipinski definition) is 2. The number of nitrogens with one attached hydrogen (secondary N) is 1. The van der Waals surface area contributed by atoms with E-state index in [0.29, 0.717) is 5.69 Å². The summed E-state index contributed by atoms with van der Waals surface area (Å²) in [4.78, 5) is 10.5. The van der Waals surface area contributed by atoms with Crippen molar-refractivity contribution in [3.05, 3.63) is 35.9 Å². The second-order valence-corrected chi connectivity index (χ2v) is 3.45. The fraction of sp³-hybridized carbons (Fsp3) is 0.250. The molecule has 0 aliphatic heterocycles. The Labute approximate surface area is 103 Å². The number of benzene rings is 1. The van der Waals surface area contributed by atoms with Gasteiger partial charge in [-0.2, -0.15) is 8.78 Å². The van der Waals surface area contributed by atoms with Crippen molar-refractivity contribution in [2.24, 2.45) is 0 Å². The Morgan fingerprint density at radius 2 is 2.17 bits per heavy atom. The number of hydrogen-bond acceptors (Lipinski definition) is 3. The molecule has 0 saturated heterocycles. The van der Waals surface area contributed by atoms with Gasteiger partial charge >= 0.3 is 12.6 Å². The summed E-state index contributed by atoms with van der Waals surface area (Å²) < 4.78 is 28.6. The molecule has 0 atom stereocenters. The molecule has 0 bridgehead atoms. The summed E-state index contributed by atoms with van der Waals surface area (Å²) >= 11 is 0. The number of aliphatic carboxylic acids is 1. The van der Waals surface area contributed by atoms with Crippen LogP contribution < -0.4 is 10.1 Å². The molecule has 0 heterocycles. The van der Waals surface area contributed by atoms with Gasteiger partial charge in [0.05, 0.1) is 5.69 Å². The topological polar surface area (TPSA) is 58.6 Å². The van der Waals surface area contributed by atoms with E-state index in [-0.39, 0.29) is 17.9 Å². The molecule has 1 aromatic carbocycles. The van der Waals surface area contributed by atoms with E-state index in [9.17, 15) is 13.6 Å². The van der Waals surface area contributed by atoms with Crippen LogP contribution in [-0.2, 0) is 4.79 Å². The van der Waals surface area contributed by atoms with E-state index in [1.807, 2.05) is 0 Å². The predicted molar refractivity (Wildman–Crippen MR) is 63.0 cm³/mol. The van der Waals surface area contributed by atoms with Crippen molar-refractivity contribution in [2.75, 3.05) is 11.9 Å². The van der Waals surface area contributed by atoms with Crippen molar-refractivity contribution in [3.63, 3.8) is 0 Å². The summed E-state index contributed by atoms with van der Waals surface area (Å²) in [5.41, 5.74) is 0.557. The summed E-state index contributed by atoms with van der Waals surface area (Å²) in [6, 6.07) is 6.21. The lowest BCUT2D eigenvalue weighted by atomic mass is 10.2. The molecule has 1 rings (SSSR count). The number of ether oxygens (including phenoxy) is 1. The monoisotopic (exact) mass is 257 g/mol. The molecule has 0 aromatic heterocycles. The van der Waals surface area contributed by atoms with E-state index < -0.39 is 12.6 Å². The smallest absolute Gasteiger partial charge is 0.387 e. The highest BCUT2D eigenvalue weighted by atomic mass is 19.3. The van der Waals surface area contributed by atoms with E-state index in [0.717, 1.165) is 0 Å². The van der Waals surface area contributed by atoms with E-state index in [1.54, 1.807) is 18.2 Å². The third-order valence-electron chi connectivity index (χ3n) is 2.14. The molecule has 0 saturated carbocycles. The lowest BCUT2D eigenvalue weighted by Gasteiger charge is -2.11. The third-order valence-corrected chi connectivity index (χ3v) is 2.14. The largest absolute Gasteiger partial charge is 0.478 e. The minimum atomic E-state index is -2.90. The zero-order valence-electron chi connectivity index (χ0n) is 9.69. The van der Waals surface area contributed by atoms with Gasteiger partial charge in [-0.1, -0.05) is 18.2 Å². The normalized spacial score (nSPS) is 11.4. The van der Waals surface area contributed by atoms with Crippen molar-refractivity contribution < 1.29 is 23.4 Å². The molecule has 0 spiro atoms. The molecule has 0 radical (unpaired) electrons. The first-order valence-electron chi connectivity index (χ1n) is 5.18. The maximum absolute atomic E-state index is 12.1. The number of rotatable bonds is 6. The SMILES string of the molecule is C/C(=C/CNc1ccccc1OC(F)F)C(=O)O. The number of anilines is 1. The molecule has 0 aliphatic rings. The van der Waals surface area contributed by atoms with Gasteiger partial charge < -0.3 is 15.2 Å². The van der Waals surface area contributed by atoms with E-state index >= 15 is 0 Å². The Morgan fingerprint density at radius 1 is 1.50 bits per heavy atom. The van der Waals surface area contributed by atoms with E-state index in [2.05, 4.69) is 10.1 Å². The molecule has 2 N–H and O–H groups in total. The van der Waals surface area contributed by atoms with Crippen LogP contribution in [0.3, 0.4) is 0 Å². The maximum Gasteiger partial charge on any atom is 0.387 e. The number of carbonyl (C=O) groups is 1. The summed E-state index contributed by atoms with van der Waals surface area (Å²) in [5, 5.41) is 11.4. The number of alkyl halides is 2. The Hall–Kier alpha value is -2.11. The number of halogens is 2. The lowest BCUT2D eigenvalue weighted by Crippen LogP contribution is -2.07. The predicted octanol–water partition coefficient (Wildman–Crippen LogP) is 2.73. The molecular formula is C12H13F2NO3. The highest BCUT2D eigenvalue weighted by molar-refractivity contribution is 5.85. The van der Waals surface area contributed by atoms with Crippen LogP contribution in [0.1, 0.15) is 6.92 Å². The van der Waals surface area contributed by atoms with Gasteiger partial charge in [0, 0.05) is 12.1 Å². The summed E-state index contributed by atoms with van der Waals surface area (Å²) in [7, 11) is 0. The second kappa shape index (κ2) is 6.58. The van der Waals surface area contributed by atoms with Crippen LogP contribution in [0.25, 0.3) is 0 Å². The molecule has 18 heavy (non-hydrogen) atoms. The summed E-state index contributed by atoms with van der Waals surface area (Å²) in [5.74, 6) is -0.997. The van der Waals surface area contributed by atoms with Gasteiger partial charge in [0.25, 0.3) is 0 Å². The summed E-state index contributed by atoms with van der Waals surface area (Å²) in [6.07, 6.45) is 1.45. The molecule has 0 unspecified atom stereocenters. The standard InChI is InChI=1S/C12H13F2NO3/c1-8(11(16)17)6-7-15-9-4-2-3-5-10(9)18-12(13)14/h2-6,12,15H,7H2,1H3,(H,16,17)/b8-6-. The zero-order valence-corrected chi connectivity index (χ0v) is 9.69. The fourth-order valence-corrected chi connectivity index (χ4v) is 1.21. The molecule has 1 aromatic rings. The van der Waals surface area contributed by atoms with Gasteiger partial charge in [0.2, 0.25) is 0 Å². The van der Waals surface area contributed by atoms with Crippen LogP contribution in [0.5, 0.6) is 5.75 Å². The zero-order chi connectivity index (χ0) is 13.5. The van der Waals surface area contributed by atoms with Gasteiger partial charge in [-0.3, -0.25) is 0 Å². The van der Waals surface area contributed by atoms with Crippen molar-refractivity contribution >= 4 is 11.7 Å². The molecule has 4 nitrogen and oxygen atoms in total. The van der Waals surface area contributed by atoms with Crippen LogP contribution in [0.2, 0.25) is 0 Å². The van der Waals surface area contributed by atoms with Crippen molar-refractivity contribution in [1.29, 1.82) is 0 Å². The maximum atomic E-state index is 12.1. The Balaban J connectivity index is 2.67. The van der Waals surface area contributed by atoms with Crippen LogP contribution in [0.4, 0.5) is 14.5 Å². The minimum absolute atomic E-state index is 0.0221. The second-order valence-electron chi connectivity index (χ2n) is 3.45. The number of para-hydroxylation sites is 2. The number of carboxylic acid groups (broad SMARTS) is 1.